The summed E-state index contributed by atoms with van der Waals surface area (Å²) in [6.45, 7) is 8.91. The third kappa shape index (κ3) is 5.51. The lowest BCUT2D eigenvalue weighted by Gasteiger charge is -2.34. The zero-order chi connectivity index (χ0) is 23.3. The predicted molar refractivity (Wildman–Crippen MR) is 130 cm³/mol. The molecule has 2 aliphatic heterocycles. The predicted octanol–water partition coefficient (Wildman–Crippen LogP) is 4.24. The summed E-state index contributed by atoms with van der Waals surface area (Å²) in [5, 5.41) is 0. The summed E-state index contributed by atoms with van der Waals surface area (Å²) in [5.41, 5.74) is 3.13. The molecule has 0 unspecified atom stereocenters. The summed E-state index contributed by atoms with van der Waals surface area (Å²) in [6.07, 6.45) is 5.21. The van der Waals surface area contributed by atoms with E-state index in [0.717, 1.165) is 87.6 Å². The van der Waals surface area contributed by atoms with Gasteiger partial charge in [-0.15, -0.1) is 0 Å². The molecule has 3 aromatic rings. The number of morpholine rings is 1. The summed E-state index contributed by atoms with van der Waals surface area (Å²) in [5.74, 6) is 2.99. The molecular weight excluding hydrogens is 428 g/mol. The van der Waals surface area contributed by atoms with Crippen LogP contribution in [-0.2, 0) is 11.3 Å². The van der Waals surface area contributed by atoms with E-state index in [1.807, 2.05) is 49.5 Å². The van der Waals surface area contributed by atoms with Crippen molar-refractivity contribution in [3.05, 3.63) is 65.4 Å². The molecule has 5 rings (SSSR count). The Bertz CT molecular complexity index is 1100. The molecule has 1 aromatic carbocycles. The zero-order valence-electron chi connectivity index (χ0n) is 20.0. The highest BCUT2D eigenvalue weighted by atomic mass is 16.5. The molecule has 0 saturated carbocycles. The van der Waals surface area contributed by atoms with Crippen molar-refractivity contribution in [2.24, 2.45) is 0 Å². The van der Waals surface area contributed by atoms with Crippen LogP contribution in [0.1, 0.15) is 48.1 Å². The van der Waals surface area contributed by atoms with Gasteiger partial charge in [0.1, 0.15) is 11.6 Å². The molecule has 34 heavy (non-hydrogen) atoms. The topological polar surface area (TPSA) is 76.5 Å². The number of piperidine rings is 1. The van der Waals surface area contributed by atoms with Gasteiger partial charge in [0, 0.05) is 37.6 Å². The maximum absolute atomic E-state index is 6.08. The second kappa shape index (κ2) is 10.4. The molecule has 0 amide bonds. The minimum Gasteiger partial charge on any atom is -0.439 e. The highest BCUT2D eigenvalue weighted by Gasteiger charge is 2.28. The van der Waals surface area contributed by atoms with Crippen LogP contribution in [0.15, 0.2) is 42.6 Å². The number of aryl methyl sites for hydroxylation is 2. The highest BCUT2D eigenvalue weighted by molar-refractivity contribution is 5.32. The molecule has 4 heterocycles. The zero-order valence-corrected chi connectivity index (χ0v) is 20.0. The lowest BCUT2D eigenvalue weighted by molar-refractivity contribution is 0.121. The smallest absolute Gasteiger partial charge is 0.225 e. The Morgan fingerprint density at radius 1 is 0.971 bits per heavy atom. The first-order valence-corrected chi connectivity index (χ1v) is 12.1. The average Bonchev–Trinajstić information content (AvgIpc) is 2.86. The second-order valence-corrected chi connectivity index (χ2v) is 9.05. The minimum atomic E-state index is 0.135. The second-order valence-electron chi connectivity index (χ2n) is 9.05. The van der Waals surface area contributed by atoms with Crippen molar-refractivity contribution in [2.45, 2.75) is 45.7 Å². The number of aromatic nitrogens is 4. The number of ether oxygens (including phenoxy) is 2. The van der Waals surface area contributed by atoms with Crippen molar-refractivity contribution in [3.8, 4) is 11.6 Å². The molecule has 0 N–H and O–H groups in total. The molecule has 0 spiro atoms. The van der Waals surface area contributed by atoms with Crippen LogP contribution in [-0.4, -0.2) is 57.7 Å². The minimum absolute atomic E-state index is 0.135. The number of likely N-dealkylation sites (tertiary alicyclic amines) is 1. The number of anilines is 1. The SMILES string of the molecule is Cc1ccc(Oc2cc(C)nc([C@H]3CCCCN3Cc3ccnc(N4CCOCC4)n3)n2)cc1. The molecule has 1 atom stereocenters. The molecule has 178 valence electrons. The molecule has 2 saturated heterocycles. The van der Waals surface area contributed by atoms with Gasteiger partial charge in [-0.25, -0.2) is 15.0 Å². The van der Waals surface area contributed by atoms with Crippen molar-refractivity contribution in [2.75, 3.05) is 37.7 Å². The quantitative estimate of drug-likeness (QED) is 0.541. The van der Waals surface area contributed by atoms with E-state index in [1.165, 1.54) is 5.56 Å². The normalized spacial score (nSPS) is 19.2. The van der Waals surface area contributed by atoms with Crippen LogP contribution in [0.25, 0.3) is 0 Å². The first kappa shape index (κ1) is 22.7. The number of rotatable bonds is 6. The first-order valence-electron chi connectivity index (χ1n) is 12.1. The third-order valence-corrected chi connectivity index (χ3v) is 6.36. The summed E-state index contributed by atoms with van der Waals surface area (Å²) in [4.78, 5) is 23.6. The van der Waals surface area contributed by atoms with Gasteiger partial charge < -0.3 is 14.4 Å². The van der Waals surface area contributed by atoms with Crippen LogP contribution >= 0.6 is 0 Å². The first-order chi connectivity index (χ1) is 16.6. The summed E-state index contributed by atoms with van der Waals surface area (Å²) < 4.78 is 11.5. The van der Waals surface area contributed by atoms with Crippen LogP contribution in [0, 0.1) is 13.8 Å². The summed E-state index contributed by atoms with van der Waals surface area (Å²) in [7, 11) is 0. The van der Waals surface area contributed by atoms with E-state index in [1.54, 1.807) is 0 Å². The Kier molecular flexibility index (Phi) is 6.97. The summed E-state index contributed by atoms with van der Waals surface area (Å²) >= 11 is 0. The van der Waals surface area contributed by atoms with E-state index in [4.69, 9.17) is 24.4 Å². The van der Waals surface area contributed by atoms with Crippen LogP contribution in [0.3, 0.4) is 0 Å². The van der Waals surface area contributed by atoms with E-state index in [9.17, 15) is 0 Å². The molecular formula is C26H32N6O2. The van der Waals surface area contributed by atoms with Crippen LogP contribution < -0.4 is 9.64 Å². The highest BCUT2D eigenvalue weighted by Crippen LogP contribution is 2.32. The number of hydrogen-bond donors (Lipinski definition) is 0. The summed E-state index contributed by atoms with van der Waals surface area (Å²) in [6, 6.07) is 12.1. The lowest BCUT2D eigenvalue weighted by Crippen LogP contribution is -2.38. The van der Waals surface area contributed by atoms with Crippen LogP contribution in [0.5, 0.6) is 11.6 Å². The Hall–Kier alpha value is -3.10. The van der Waals surface area contributed by atoms with E-state index >= 15 is 0 Å². The van der Waals surface area contributed by atoms with E-state index in [0.29, 0.717) is 5.88 Å². The van der Waals surface area contributed by atoms with Crippen LogP contribution in [0.2, 0.25) is 0 Å². The largest absolute Gasteiger partial charge is 0.439 e. The molecule has 2 aromatic heterocycles. The molecule has 8 nitrogen and oxygen atoms in total. The Labute approximate surface area is 201 Å². The Balaban J connectivity index is 1.34. The van der Waals surface area contributed by atoms with Gasteiger partial charge in [0.25, 0.3) is 0 Å². The number of benzene rings is 1. The van der Waals surface area contributed by atoms with E-state index < -0.39 is 0 Å². The molecule has 0 aliphatic carbocycles. The Morgan fingerprint density at radius 3 is 2.62 bits per heavy atom. The average molecular weight is 461 g/mol. The monoisotopic (exact) mass is 460 g/mol. The Morgan fingerprint density at radius 2 is 1.79 bits per heavy atom. The van der Waals surface area contributed by atoms with Gasteiger partial charge in [-0.3, -0.25) is 4.90 Å². The van der Waals surface area contributed by atoms with Crippen molar-refractivity contribution in [1.82, 2.24) is 24.8 Å². The molecule has 8 heteroatoms. The molecule has 2 aliphatic rings. The van der Waals surface area contributed by atoms with E-state index in [-0.39, 0.29) is 6.04 Å². The van der Waals surface area contributed by atoms with E-state index in [2.05, 4.69) is 21.7 Å². The maximum atomic E-state index is 6.08. The van der Waals surface area contributed by atoms with Gasteiger partial charge in [-0.05, 0) is 51.4 Å². The van der Waals surface area contributed by atoms with Gasteiger partial charge in [-0.1, -0.05) is 24.1 Å². The van der Waals surface area contributed by atoms with Crippen molar-refractivity contribution < 1.29 is 9.47 Å². The fourth-order valence-corrected chi connectivity index (χ4v) is 4.56. The fraction of sp³-hybridized carbons (Fsp3) is 0.462. The standard InChI is InChI=1S/C26H32N6O2/c1-19-6-8-22(9-7-19)34-24-17-20(2)28-25(30-24)23-5-3-4-12-32(23)18-21-10-11-27-26(29-21)31-13-15-33-16-14-31/h6-11,17,23H,3-5,12-16,18H2,1-2H3/t23-/m1/s1. The third-order valence-electron chi connectivity index (χ3n) is 6.36. The maximum Gasteiger partial charge on any atom is 0.225 e. The van der Waals surface area contributed by atoms with Gasteiger partial charge in [0.05, 0.1) is 24.9 Å². The van der Waals surface area contributed by atoms with Gasteiger partial charge in [-0.2, -0.15) is 4.98 Å². The van der Waals surface area contributed by atoms with Crippen LogP contribution in [0.4, 0.5) is 5.95 Å². The molecule has 2 fully saturated rings. The van der Waals surface area contributed by atoms with Gasteiger partial charge in [0.2, 0.25) is 11.8 Å². The molecule has 0 radical (unpaired) electrons. The lowest BCUT2D eigenvalue weighted by atomic mass is 10.0. The van der Waals surface area contributed by atoms with Crippen molar-refractivity contribution in [3.63, 3.8) is 0 Å². The number of hydrogen-bond acceptors (Lipinski definition) is 8. The van der Waals surface area contributed by atoms with Gasteiger partial charge in [0.15, 0.2) is 0 Å². The van der Waals surface area contributed by atoms with Crippen molar-refractivity contribution >= 4 is 5.95 Å². The van der Waals surface area contributed by atoms with Crippen molar-refractivity contribution in [1.29, 1.82) is 0 Å². The molecule has 0 bridgehead atoms. The number of nitrogens with zero attached hydrogens (tertiary/aromatic N) is 6. The fourth-order valence-electron chi connectivity index (χ4n) is 4.56. The van der Waals surface area contributed by atoms with Gasteiger partial charge >= 0.3 is 0 Å².